The standard InChI is InChI=1S/C16H18N6O/c1-2-21-14(11-4-3-5-18-11)9-16(23)22-15(21)8-12(20-22)13-10-17-6-7-19-13/h6-11,18H,2-5H2,1H3. The first-order valence-electron chi connectivity index (χ1n) is 7.91. The van der Waals surface area contributed by atoms with Gasteiger partial charge < -0.3 is 9.88 Å². The largest absolute Gasteiger partial charge is 0.328 e. The van der Waals surface area contributed by atoms with Crippen molar-refractivity contribution in [1.82, 2.24) is 29.5 Å². The summed E-state index contributed by atoms with van der Waals surface area (Å²) in [7, 11) is 0. The van der Waals surface area contributed by atoms with E-state index in [0.29, 0.717) is 11.4 Å². The van der Waals surface area contributed by atoms with Gasteiger partial charge in [-0.2, -0.15) is 9.61 Å². The van der Waals surface area contributed by atoms with E-state index in [0.717, 1.165) is 37.3 Å². The lowest BCUT2D eigenvalue weighted by Gasteiger charge is -2.18. The van der Waals surface area contributed by atoms with Crippen molar-refractivity contribution < 1.29 is 0 Å². The Kier molecular flexibility index (Phi) is 3.42. The Balaban J connectivity index is 1.93. The van der Waals surface area contributed by atoms with Crippen molar-refractivity contribution in [3.05, 3.63) is 46.8 Å². The van der Waals surface area contributed by atoms with E-state index >= 15 is 0 Å². The van der Waals surface area contributed by atoms with E-state index in [9.17, 15) is 4.79 Å². The highest BCUT2D eigenvalue weighted by Gasteiger charge is 2.22. The van der Waals surface area contributed by atoms with Crippen LogP contribution < -0.4 is 10.9 Å². The van der Waals surface area contributed by atoms with Crippen molar-refractivity contribution in [2.75, 3.05) is 6.54 Å². The molecule has 0 aromatic carbocycles. The van der Waals surface area contributed by atoms with Crippen LogP contribution in [0.15, 0.2) is 35.5 Å². The van der Waals surface area contributed by atoms with Crippen molar-refractivity contribution >= 4 is 5.65 Å². The summed E-state index contributed by atoms with van der Waals surface area (Å²) in [5, 5.41) is 7.89. The molecule has 3 aromatic rings. The SMILES string of the molecule is CCn1c(C2CCCN2)cc(=O)n2nc(-c3cnccn3)cc12. The third-order valence-electron chi connectivity index (χ3n) is 4.32. The Hall–Kier alpha value is -2.54. The van der Waals surface area contributed by atoms with Gasteiger partial charge in [-0.1, -0.05) is 0 Å². The molecule has 1 aliphatic rings. The first kappa shape index (κ1) is 14.1. The van der Waals surface area contributed by atoms with Gasteiger partial charge >= 0.3 is 0 Å². The number of hydrogen-bond acceptors (Lipinski definition) is 5. The fraction of sp³-hybridized carbons (Fsp3) is 0.375. The zero-order valence-electron chi connectivity index (χ0n) is 12.9. The number of hydrogen-bond donors (Lipinski definition) is 1. The molecule has 3 aromatic heterocycles. The molecular formula is C16H18N6O. The third kappa shape index (κ3) is 2.33. The second-order valence-electron chi connectivity index (χ2n) is 5.69. The highest BCUT2D eigenvalue weighted by atomic mass is 16.1. The van der Waals surface area contributed by atoms with Crippen LogP contribution in [-0.4, -0.2) is 30.7 Å². The molecule has 1 atom stereocenters. The summed E-state index contributed by atoms with van der Waals surface area (Å²) in [5.41, 5.74) is 3.05. The molecule has 0 spiro atoms. The van der Waals surface area contributed by atoms with E-state index in [4.69, 9.17) is 0 Å². The minimum atomic E-state index is -0.108. The van der Waals surface area contributed by atoms with Crippen LogP contribution in [0.3, 0.4) is 0 Å². The molecule has 0 radical (unpaired) electrons. The molecule has 1 saturated heterocycles. The minimum Gasteiger partial charge on any atom is -0.328 e. The first-order chi connectivity index (χ1) is 11.3. The van der Waals surface area contributed by atoms with Gasteiger partial charge in [-0.3, -0.25) is 14.8 Å². The summed E-state index contributed by atoms with van der Waals surface area (Å²) in [6.45, 7) is 3.86. The van der Waals surface area contributed by atoms with Crippen molar-refractivity contribution in [3.63, 3.8) is 0 Å². The molecule has 0 bridgehead atoms. The Bertz CT molecular complexity index is 892. The highest BCUT2D eigenvalue weighted by Crippen LogP contribution is 2.24. The lowest BCUT2D eigenvalue weighted by Crippen LogP contribution is -2.25. The number of rotatable bonds is 3. The molecule has 0 aliphatic carbocycles. The third-order valence-corrected chi connectivity index (χ3v) is 4.32. The molecule has 4 rings (SSSR count). The van der Waals surface area contributed by atoms with Gasteiger partial charge in [-0.15, -0.1) is 0 Å². The molecule has 1 fully saturated rings. The maximum Gasteiger partial charge on any atom is 0.274 e. The number of aromatic nitrogens is 5. The van der Waals surface area contributed by atoms with E-state index in [1.165, 1.54) is 4.52 Å². The van der Waals surface area contributed by atoms with E-state index in [-0.39, 0.29) is 11.6 Å². The maximum atomic E-state index is 12.5. The molecule has 4 heterocycles. The lowest BCUT2D eigenvalue weighted by atomic mass is 10.1. The monoisotopic (exact) mass is 310 g/mol. The molecule has 1 aliphatic heterocycles. The van der Waals surface area contributed by atoms with Crippen LogP contribution in [0.4, 0.5) is 0 Å². The van der Waals surface area contributed by atoms with Gasteiger partial charge in [0.2, 0.25) is 0 Å². The van der Waals surface area contributed by atoms with Gasteiger partial charge in [-0.05, 0) is 26.3 Å². The van der Waals surface area contributed by atoms with E-state index in [1.54, 1.807) is 24.7 Å². The summed E-state index contributed by atoms with van der Waals surface area (Å²) in [6, 6.07) is 3.85. The van der Waals surface area contributed by atoms with Gasteiger partial charge in [0.15, 0.2) is 0 Å². The fourth-order valence-corrected chi connectivity index (χ4v) is 3.25. The van der Waals surface area contributed by atoms with E-state index in [1.807, 2.05) is 6.07 Å². The summed E-state index contributed by atoms with van der Waals surface area (Å²) in [4.78, 5) is 20.8. The van der Waals surface area contributed by atoms with Crippen molar-refractivity contribution in [2.24, 2.45) is 0 Å². The fourth-order valence-electron chi connectivity index (χ4n) is 3.25. The maximum absolute atomic E-state index is 12.5. The lowest BCUT2D eigenvalue weighted by molar-refractivity contribution is 0.567. The van der Waals surface area contributed by atoms with Crippen molar-refractivity contribution in [3.8, 4) is 11.4 Å². The smallest absolute Gasteiger partial charge is 0.274 e. The van der Waals surface area contributed by atoms with Crippen LogP contribution >= 0.6 is 0 Å². The number of fused-ring (bicyclic) bond motifs is 1. The van der Waals surface area contributed by atoms with Crippen molar-refractivity contribution in [1.29, 1.82) is 0 Å². The number of nitrogens with zero attached hydrogens (tertiary/aromatic N) is 5. The molecular weight excluding hydrogens is 292 g/mol. The summed E-state index contributed by atoms with van der Waals surface area (Å²) < 4.78 is 3.60. The summed E-state index contributed by atoms with van der Waals surface area (Å²) in [6.07, 6.45) is 7.09. The van der Waals surface area contributed by atoms with Crippen LogP contribution in [0.25, 0.3) is 17.0 Å². The van der Waals surface area contributed by atoms with Crippen molar-refractivity contribution in [2.45, 2.75) is 32.4 Å². The molecule has 7 heteroatoms. The van der Waals surface area contributed by atoms with Crippen LogP contribution in [0, 0.1) is 0 Å². The number of nitrogens with one attached hydrogen (secondary N) is 1. The predicted molar refractivity (Wildman–Crippen MR) is 86.1 cm³/mol. The average molecular weight is 310 g/mol. The predicted octanol–water partition coefficient (Wildman–Crippen LogP) is 1.40. The van der Waals surface area contributed by atoms with E-state index < -0.39 is 0 Å². The van der Waals surface area contributed by atoms with Crippen LogP contribution in [0.2, 0.25) is 0 Å². The van der Waals surface area contributed by atoms with Gasteiger partial charge in [-0.25, -0.2) is 0 Å². The minimum absolute atomic E-state index is 0.108. The van der Waals surface area contributed by atoms with Crippen LogP contribution in [0.1, 0.15) is 31.5 Å². The molecule has 7 nitrogen and oxygen atoms in total. The molecule has 0 saturated carbocycles. The Morgan fingerprint density at radius 1 is 1.30 bits per heavy atom. The first-order valence-corrected chi connectivity index (χ1v) is 7.91. The Labute approximate surface area is 133 Å². The molecule has 118 valence electrons. The Morgan fingerprint density at radius 2 is 2.22 bits per heavy atom. The van der Waals surface area contributed by atoms with Crippen LogP contribution in [-0.2, 0) is 6.54 Å². The normalized spacial score (nSPS) is 17.9. The second kappa shape index (κ2) is 5.58. The summed E-state index contributed by atoms with van der Waals surface area (Å²) >= 11 is 0. The van der Waals surface area contributed by atoms with Crippen LogP contribution in [0.5, 0.6) is 0 Å². The highest BCUT2D eigenvalue weighted by molar-refractivity contribution is 5.60. The summed E-state index contributed by atoms with van der Waals surface area (Å²) in [5.74, 6) is 0. The van der Waals surface area contributed by atoms with Gasteiger partial charge in [0, 0.05) is 42.8 Å². The Morgan fingerprint density at radius 3 is 2.91 bits per heavy atom. The number of aryl methyl sites for hydroxylation is 1. The molecule has 1 unspecified atom stereocenters. The molecule has 0 amide bonds. The zero-order valence-corrected chi connectivity index (χ0v) is 12.9. The molecule has 1 N–H and O–H groups in total. The van der Waals surface area contributed by atoms with Gasteiger partial charge in [0.25, 0.3) is 5.56 Å². The average Bonchev–Trinajstić information content (AvgIpc) is 3.25. The second-order valence-corrected chi connectivity index (χ2v) is 5.69. The topological polar surface area (TPSA) is 77.1 Å². The molecule has 23 heavy (non-hydrogen) atoms. The van der Waals surface area contributed by atoms with Gasteiger partial charge in [0.05, 0.1) is 6.20 Å². The zero-order chi connectivity index (χ0) is 15.8. The quantitative estimate of drug-likeness (QED) is 0.791. The van der Waals surface area contributed by atoms with E-state index in [2.05, 4.69) is 31.9 Å². The van der Waals surface area contributed by atoms with Gasteiger partial charge in [0.1, 0.15) is 17.0 Å².